The number of hydrogen-bond acceptors (Lipinski definition) is 2. The number of nitrogens with zero attached hydrogens (tertiary/aromatic N) is 1. The van der Waals surface area contributed by atoms with Crippen LogP contribution in [0.3, 0.4) is 0 Å². The Morgan fingerprint density at radius 3 is 2.28 bits per heavy atom. The van der Waals surface area contributed by atoms with Crippen molar-refractivity contribution in [3.63, 3.8) is 0 Å². The number of para-hydroxylation sites is 3. The van der Waals surface area contributed by atoms with E-state index in [0.29, 0.717) is 11.5 Å². The molecule has 0 unspecified atom stereocenters. The highest BCUT2D eigenvalue weighted by Crippen LogP contribution is 2.18. The second-order valence-corrected chi connectivity index (χ2v) is 5.58. The second-order valence-electron chi connectivity index (χ2n) is 5.58. The van der Waals surface area contributed by atoms with Crippen molar-refractivity contribution in [3.05, 3.63) is 100 Å². The number of nitro groups is 1. The molecule has 0 atom stereocenters. The van der Waals surface area contributed by atoms with Gasteiger partial charge in [0.2, 0.25) is 5.69 Å². The number of amidine groups is 1. The van der Waals surface area contributed by atoms with Gasteiger partial charge < -0.3 is 0 Å². The topological polar surface area (TPSA) is 69.1 Å². The predicted molar refractivity (Wildman–Crippen MR) is 99.1 cm³/mol. The molecule has 3 rings (SSSR count). The molecule has 0 bridgehead atoms. The Morgan fingerprint density at radius 1 is 0.920 bits per heavy atom. The van der Waals surface area contributed by atoms with Crippen molar-refractivity contribution in [2.24, 2.45) is 0 Å². The lowest BCUT2D eigenvalue weighted by molar-refractivity contribution is -0.411. The molecule has 0 aliphatic heterocycles. The number of nitrogens with one attached hydrogen (secondary N) is 2. The molecule has 2 N–H and O–H groups in total. The minimum atomic E-state index is -0.390. The Bertz CT molecular complexity index is 921. The van der Waals surface area contributed by atoms with Crippen LogP contribution in [0.2, 0.25) is 0 Å². The summed E-state index contributed by atoms with van der Waals surface area (Å²) in [6.45, 7) is 2.01. The number of hydrogen-bond donors (Lipinski definition) is 2. The van der Waals surface area contributed by atoms with E-state index in [-0.39, 0.29) is 5.69 Å². The molecule has 0 amide bonds. The highest BCUT2D eigenvalue weighted by molar-refractivity contribution is 6.05. The van der Waals surface area contributed by atoms with Crippen molar-refractivity contribution in [1.29, 1.82) is 0 Å². The average Bonchev–Trinajstić information content (AvgIpc) is 2.64. The van der Waals surface area contributed by atoms with Gasteiger partial charge in [-0.1, -0.05) is 48.5 Å². The monoisotopic (exact) mass is 332 g/mol. The smallest absolute Gasteiger partial charge is 0.258 e. The van der Waals surface area contributed by atoms with Gasteiger partial charge in [-0.2, -0.15) is 0 Å². The van der Waals surface area contributed by atoms with Crippen LogP contribution in [0.25, 0.3) is 0 Å². The summed E-state index contributed by atoms with van der Waals surface area (Å²) in [5.74, 6) is 0.684. The summed E-state index contributed by atoms with van der Waals surface area (Å²) >= 11 is 0. The van der Waals surface area contributed by atoms with Gasteiger partial charge in [0, 0.05) is 6.07 Å². The van der Waals surface area contributed by atoms with Crippen LogP contribution in [-0.4, -0.2) is 10.8 Å². The summed E-state index contributed by atoms with van der Waals surface area (Å²) in [5, 5.41) is 14.6. The number of anilines is 1. The van der Waals surface area contributed by atoms with Gasteiger partial charge in [-0.25, -0.2) is 10.3 Å². The molecule has 0 radical (unpaired) electrons. The van der Waals surface area contributed by atoms with Crippen LogP contribution in [0, 0.1) is 17.0 Å². The Labute approximate surface area is 145 Å². The van der Waals surface area contributed by atoms with Gasteiger partial charge >= 0.3 is 5.69 Å². The number of benzene rings is 3. The van der Waals surface area contributed by atoms with Crippen molar-refractivity contribution < 1.29 is 9.92 Å². The van der Waals surface area contributed by atoms with E-state index in [2.05, 4.69) is 10.3 Å². The largest absolute Gasteiger partial charge is 0.315 e. The van der Waals surface area contributed by atoms with Gasteiger partial charge in [0.25, 0.3) is 5.84 Å². The number of aryl methyl sites for hydroxylation is 1. The average molecular weight is 332 g/mol. The maximum Gasteiger partial charge on any atom is 0.315 e. The Balaban J connectivity index is 2.09. The molecule has 0 spiro atoms. The van der Waals surface area contributed by atoms with Gasteiger partial charge in [-0.05, 0) is 36.8 Å². The Hall–Kier alpha value is -3.47. The third-order valence-electron chi connectivity index (χ3n) is 3.83. The number of rotatable bonds is 4. The fourth-order valence-corrected chi connectivity index (χ4v) is 2.50. The van der Waals surface area contributed by atoms with E-state index in [9.17, 15) is 10.1 Å². The highest BCUT2D eigenvalue weighted by atomic mass is 16.6. The third-order valence-corrected chi connectivity index (χ3v) is 3.83. The second kappa shape index (κ2) is 7.40. The molecule has 0 fully saturated rings. The molecule has 25 heavy (non-hydrogen) atoms. The van der Waals surface area contributed by atoms with Crippen molar-refractivity contribution in [2.45, 2.75) is 6.92 Å². The zero-order valence-corrected chi connectivity index (χ0v) is 13.8. The van der Waals surface area contributed by atoms with Crippen LogP contribution < -0.4 is 10.3 Å². The van der Waals surface area contributed by atoms with Crippen LogP contribution in [-0.2, 0) is 0 Å². The normalized spacial score (nSPS) is 11.2. The molecular formula is C20H18N3O2+. The minimum Gasteiger partial charge on any atom is -0.258 e. The molecule has 0 saturated heterocycles. The van der Waals surface area contributed by atoms with E-state index in [1.165, 1.54) is 6.07 Å². The van der Waals surface area contributed by atoms with Gasteiger partial charge in [0.05, 0.1) is 10.5 Å². The van der Waals surface area contributed by atoms with Crippen LogP contribution in [0.1, 0.15) is 11.1 Å². The first-order valence-corrected chi connectivity index (χ1v) is 7.90. The molecule has 0 heterocycles. The fraction of sp³-hybridized carbons (Fsp3) is 0.0500. The summed E-state index contributed by atoms with van der Waals surface area (Å²) in [4.78, 5) is 14.1. The predicted octanol–water partition coefficient (Wildman–Crippen LogP) is 3.17. The van der Waals surface area contributed by atoms with Crippen molar-refractivity contribution in [2.75, 3.05) is 5.32 Å². The first-order valence-electron chi connectivity index (χ1n) is 7.90. The van der Waals surface area contributed by atoms with Gasteiger partial charge in [0.1, 0.15) is 5.69 Å². The molecule has 5 heteroatoms. The van der Waals surface area contributed by atoms with Gasteiger partial charge in [-0.3, -0.25) is 10.1 Å². The lowest BCUT2D eigenvalue weighted by Gasteiger charge is -2.06. The molecule has 3 aromatic rings. The maximum atomic E-state index is 11.3. The van der Waals surface area contributed by atoms with Crippen molar-refractivity contribution >= 4 is 22.9 Å². The molecule has 124 valence electrons. The zero-order valence-electron chi connectivity index (χ0n) is 13.8. The van der Waals surface area contributed by atoms with E-state index in [0.717, 1.165) is 16.8 Å². The van der Waals surface area contributed by atoms with E-state index in [1.54, 1.807) is 18.2 Å². The lowest BCUT2D eigenvalue weighted by atomic mass is 10.1. The molecule has 3 aromatic carbocycles. The van der Waals surface area contributed by atoms with E-state index in [1.807, 2.05) is 61.5 Å². The SMILES string of the molecule is Cc1ccccc1NC(=[NH+]c1ccccc1[N+](=O)[O-])c1ccccc1. The maximum absolute atomic E-state index is 11.3. The minimum absolute atomic E-state index is 0.0301. The standard InChI is InChI=1S/C20H17N3O2/c1-15-9-5-6-12-17(15)21-20(16-10-3-2-4-11-16)22-18-13-7-8-14-19(18)23(24)25/h2-14H,1H3,(H,21,22)/p+1. The molecule has 5 nitrogen and oxygen atoms in total. The van der Waals surface area contributed by atoms with Crippen LogP contribution >= 0.6 is 0 Å². The summed E-state index contributed by atoms with van der Waals surface area (Å²) in [6, 6.07) is 24.2. The van der Waals surface area contributed by atoms with Gasteiger partial charge in [0.15, 0.2) is 0 Å². The summed E-state index contributed by atoms with van der Waals surface area (Å²) < 4.78 is 0. The molecule has 0 saturated carbocycles. The molecule has 0 aromatic heterocycles. The first kappa shape index (κ1) is 16.4. The van der Waals surface area contributed by atoms with E-state index < -0.39 is 4.92 Å². The van der Waals surface area contributed by atoms with E-state index >= 15 is 0 Å². The Morgan fingerprint density at radius 2 is 1.56 bits per heavy atom. The first-order chi connectivity index (χ1) is 12.1. The van der Waals surface area contributed by atoms with Crippen molar-refractivity contribution in [1.82, 2.24) is 0 Å². The zero-order chi connectivity index (χ0) is 17.6. The highest BCUT2D eigenvalue weighted by Gasteiger charge is 2.18. The third kappa shape index (κ3) is 3.90. The number of nitro benzene ring substituents is 1. The quantitative estimate of drug-likeness (QED) is 0.334. The molecular weight excluding hydrogens is 314 g/mol. The fourth-order valence-electron chi connectivity index (χ4n) is 2.50. The van der Waals surface area contributed by atoms with Crippen LogP contribution in [0.15, 0.2) is 78.9 Å². The summed E-state index contributed by atoms with van der Waals surface area (Å²) in [5.41, 5.74) is 3.39. The van der Waals surface area contributed by atoms with Crippen molar-refractivity contribution in [3.8, 4) is 0 Å². The van der Waals surface area contributed by atoms with E-state index in [4.69, 9.17) is 0 Å². The summed E-state index contributed by atoms with van der Waals surface area (Å²) in [7, 11) is 0. The molecule has 0 aliphatic rings. The lowest BCUT2D eigenvalue weighted by Crippen LogP contribution is -2.69. The Kier molecular flexibility index (Phi) is 4.85. The van der Waals surface area contributed by atoms with Crippen LogP contribution in [0.4, 0.5) is 17.1 Å². The van der Waals surface area contributed by atoms with Crippen LogP contribution in [0.5, 0.6) is 0 Å². The molecule has 0 aliphatic carbocycles. The summed E-state index contributed by atoms with van der Waals surface area (Å²) in [6.07, 6.45) is 0. The van der Waals surface area contributed by atoms with Gasteiger partial charge in [-0.15, -0.1) is 0 Å².